The standard InChI is InChI=1S/C15H28N2O3/c1-13-5-9-17(10-6-13)15(19)7-11-16(14(2)18)8-4-12-20-3/h13H,4-12H2,1-3H3. The van der Waals surface area contributed by atoms with Crippen molar-refractivity contribution in [2.45, 2.75) is 39.5 Å². The van der Waals surface area contributed by atoms with Crippen LogP contribution >= 0.6 is 0 Å². The van der Waals surface area contributed by atoms with Gasteiger partial charge in [0, 0.05) is 53.2 Å². The first-order valence-electron chi connectivity index (χ1n) is 7.56. The summed E-state index contributed by atoms with van der Waals surface area (Å²) in [6.45, 7) is 7.33. The van der Waals surface area contributed by atoms with Crippen molar-refractivity contribution >= 4 is 11.8 Å². The summed E-state index contributed by atoms with van der Waals surface area (Å²) in [7, 11) is 1.65. The van der Waals surface area contributed by atoms with Gasteiger partial charge in [0.2, 0.25) is 11.8 Å². The highest BCUT2D eigenvalue weighted by Gasteiger charge is 2.20. The monoisotopic (exact) mass is 284 g/mol. The van der Waals surface area contributed by atoms with Crippen LogP contribution in [-0.2, 0) is 14.3 Å². The van der Waals surface area contributed by atoms with Gasteiger partial charge in [-0.25, -0.2) is 0 Å². The second-order valence-corrected chi connectivity index (χ2v) is 5.67. The third-order valence-corrected chi connectivity index (χ3v) is 3.95. The summed E-state index contributed by atoms with van der Waals surface area (Å²) in [4.78, 5) is 27.3. The van der Waals surface area contributed by atoms with Crippen LogP contribution in [0.1, 0.15) is 39.5 Å². The summed E-state index contributed by atoms with van der Waals surface area (Å²) in [6.07, 6.45) is 3.43. The molecule has 1 rings (SSSR count). The minimum atomic E-state index is 0.0289. The van der Waals surface area contributed by atoms with Crippen LogP contribution in [0.3, 0.4) is 0 Å². The lowest BCUT2D eigenvalue weighted by molar-refractivity contribution is -0.134. The molecule has 1 saturated heterocycles. The van der Waals surface area contributed by atoms with E-state index in [1.54, 1.807) is 18.9 Å². The van der Waals surface area contributed by atoms with Gasteiger partial charge in [-0.2, -0.15) is 0 Å². The summed E-state index contributed by atoms with van der Waals surface area (Å²) in [5.74, 6) is 0.929. The molecule has 5 heteroatoms. The maximum absolute atomic E-state index is 12.1. The molecule has 0 aromatic carbocycles. The van der Waals surface area contributed by atoms with Crippen molar-refractivity contribution < 1.29 is 14.3 Å². The summed E-state index contributed by atoms with van der Waals surface area (Å²) in [6, 6.07) is 0. The zero-order chi connectivity index (χ0) is 15.0. The van der Waals surface area contributed by atoms with Crippen molar-refractivity contribution in [1.82, 2.24) is 9.80 Å². The SMILES string of the molecule is COCCCN(CCC(=O)N1CCC(C)CC1)C(C)=O. The lowest BCUT2D eigenvalue weighted by atomic mass is 9.99. The maximum Gasteiger partial charge on any atom is 0.224 e. The molecule has 1 aliphatic rings. The van der Waals surface area contributed by atoms with E-state index in [9.17, 15) is 9.59 Å². The van der Waals surface area contributed by atoms with Gasteiger partial charge in [-0.3, -0.25) is 9.59 Å². The summed E-state index contributed by atoms with van der Waals surface area (Å²) in [5.41, 5.74) is 0. The first kappa shape index (κ1) is 17.0. The molecule has 0 aliphatic carbocycles. The molecule has 1 aliphatic heterocycles. The third kappa shape index (κ3) is 5.90. The first-order valence-corrected chi connectivity index (χ1v) is 7.56. The molecule has 0 atom stereocenters. The Morgan fingerprint density at radius 2 is 1.90 bits per heavy atom. The fourth-order valence-corrected chi connectivity index (χ4v) is 2.47. The lowest BCUT2D eigenvalue weighted by Crippen LogP contribution is -2.40. The average Bonchev–Trinajstić information content (AvgIpc) is 2.42. The highest BCUT2D eigenvalue weighted by Crippen LogP contribution is 2.16. The molecule has 1 fully saturated rings. The Balaban J connectivity index is 2.31. The van der Waals surface area contributed by atoms with Gasteiger partial charge in [0.25, 0.3) is 0 Å². The number of likely N-dealkylation sites (tertiary alicyclic amines) is 1. The molecule has 0 saturated carbocycles. The smallest absolute Gasteiger partial charge is 0.224 e. The highest BCUT2D eigenvalue weighted by atomic mass is 16.5. The largest absolute Gasteiger partial charge is 0.385 e. The molecule has 2 amide bonds. The number of amides is 2. The highest BCUT2D eigenvalue weighted by molar-refractivity contribution is 5.78. The second-order valence-electron chi connectivity index (χ2n) is 5.67. The fourth-order valence-electron chi connectivity index (χ4n) is 2.47. The van der Waals surface area contributed by atoms with Gasteiger partial charge in [-0.1, -0.05) is 6.92 Å². The van der Waals surface area contributed by atoms with Gasteiger partial charge in [-0.05, 0) is 25.2 Å². The predicted octanol–water partition coefficient (Wildman–Crippen LogP) is 1.52. The fraction of sp³-hybridized carbons (Fsp3) is 0.867. The van der Waals surface area contributed by atoms with E-state index in [-0.39, 0.29) is 11.8 Å². The molecular weight excluding hydrogens is 256 g/mol. The molecule has 0 unspecified atom stereocenters. The number of piperidine rings is 1. The van der Waals surface area contributed by atoms with Gasteiger partial charge >= 0.3 is 0 Å². The van der Waals surface area contributed by atoms with Crippen LogP contribution in [0.2, 0.25) is 0 Å². The Labute approximate surface area is 122 Å². The normalized spacial score (nSPS) is 16.2. The van der Waals surface area contributed by atoms with Crippen LogP contribution in [0.4, 0.5) is 0 Å². The molecule has 1 heterocycles. The molecule has 0 aromatic heterocycles. The lowest BCUT2D eigenvalue weighted by Gasteiger charge is -2.31. The number of hydrogen-bond donors (Lipinski definition) is 0. The van der Waals surface area contributed by atoms with Crippen molar-refractivity contribution in [3.8, 4) is 0 Å². The average molecular weight is 284 g/mol. The van der Waals surface area contributed by atoms with Crippen molar-refractivity contribution in [3.05, 3.63) is 0 Å². The Morgan fingerprint density at radius 1 is 1.25 bits per heavy atom. The van der Waals surface area contributed by atoms with Gasteiger partial charge in [0.05, 0.1) is 0 Å². The van der Waals surface area contributed by atoms with E-state index < -0.39 is 0 Å². The molecular formula is C15H28N2O3. The van der Waals surface area contributed by atoms with E-state index in [4.69, 9.17) is 4.74 Å². The van der Waals surface area contributed by atoms with Crippen LogP contribution in [0, 0.1) is 5.92 Å². The summed E-state index contributed by atoms with van der Waals surface area (Å²) >= 11 is 0. The van der Waals surface area contributed by atoms with Crippen LogP contribution in [0.5, 0.6) is 0 Å². The molecule has 0 bridgehead atoms. The van der Waals surface area contributed by atoms with Gasteiger partial charge in [0.15, 0.2) is 0 Å². The Hall–Kier alpha value is -1.10. The first-order chi connectivity index (χ1) is 9.54. The molecule has 0 spiro atoms. The Morgan fingerprint density at radius 3 is 2.45 bits per heavy atom. The molecule has 20 heavy (non-hydrogen) atoms. The predicted molar refractivity (Wildman–Crippen MR) is 78.3 cm³/mol. The van der Waals surface area contributed by atoms with Crippen molar-refractivity contribution in [2.24, 2.45) is 5.92 Å². The zero-order valence-corrected chi connectivity index (χ0v) is 13.1. The van der Waals surface area contributed by atoms with Gasteiger partial charge in [-0.15, -0.1) is 0 Å². The Kier molecular flexibility index (Phi) is 7.59. The van der Waals surface area contributed by atoms with Crippen molar-refractivity contribution in [1.29, 1.82) is 0 Å². The molecule has 116 valence electrons. The zero-order valence-electron chi connectivity index (χ0n) is 13.1. The number of nitrogens with zero attached hydrogens (tertiary/aromatic N) is 2. The summed E-state index contributed by atoms with van der Waals surface area (Å²) < 4.78 is 4.99. The van der Waals surface area contributed by atoms with Crippen LogP contribution in [0.15, 0.2) is 0 Å². The number of ether oxygens (including phenoxy) is 1. The van der Waals surface area contributed by atoms with E-state index in [2.05, 4.69) is 6.92 Å². The van der Waals surface area contributed by atoms with E-state index >= 15 is 0 Å². The molecule has 0 N–H and O–H groups in total. The van der Waals surface area contributed by atoms with Crippen LogP contribution in [-0.4, -0.2) is 61.5 Å². The van der Waals surface area contributed by atoms with E-state index in [0.717, 1.165) is 38.3 Å². The molecule has 0 aromatic rings. The van der Waals surface area contributed by atoms with E-state index in [0.29, 0.717) is 26.1 Å². The maximum atomic E-state index is 12.1. The van der Waals surface area contributed by atoms with Crippen LogP contribution < -0.4 is 0 Å². The Bertz CT molecular complexity index is 312. The van der Waals surface area contributed by atoms with E-state index in [1.807, 2.05) is 4.90 Å². The van der Waals surface area contributed by atoms with Crippen molar-refractivity contribution in [3.63, 3.8) is 0 Å². The van der Waals surface area contributed by atoms with Crippen molar-refractivity contribution in [2.75, 3.05) is 39.9 Å². The van der Waals surface area contributed by atoms with Gasteiger partial charge in [0.1, 0.15) is 0 Å². The van der Waals surface area contributed by atoms with Gasteiger partial charge < -0.3 is 14.5 Å². The number of methoxy groups -OCH3 is 1. The quantitative estimate of drug-likeness (QED) is 0.666. The minimum Gasteiger partial charge on any atom is -0.385 e. The number of rotatable bonds is 7. The second kappa shape index (κ2) is 8.95. The number of hydrogen-bond acceptors (Lipinski definition) is 3. The number of carbonyl (C=O) groups is 2. The van der Waals surface area contributed by atoms with E-state index in [1.165, 1.54) is 0 Å². The number of carbonyl (C=O) groups excluding carboxylic acids is 2. The third-order valence-electron chi connectivity index (χ3n) is 3.95. The summed E-state index contributed by atoms with van der Waals surface area (Å²) in [5, 5.41) is 0. The topological polar surface area (TPSA) is 49.9 Å². The molecule has 0 radical (unpaired) electrons. The molecule has 5 nitrogen and oxygen atoms in total. The van der Waals surface area contributed by atoms with Crippen LogP contribution in [0.25, 0.3) is 0 Å². The minimum absolute atomic E-state index is 0.0289.